The molecule has 3 N–H and O–H groups in total. The van der Waals surface area contributed by atoms with Gasteiger partial charge >= 0.3 is 0 Å². The lowest BCUT2D eigenvalue weighted by Gasteiger charge is -2.00. The monoisotopic (exact) mass is 251 g/mol. The van der Waals surface area contributed by atoms with Crippen molar-refractivity contribution < 1.29 is 4.74 Å². The minimum absolute atomic E-state index is 0.487. The maximum Gasteiger partial charge on any atom is 0.150 e. The lowest BCUT2D eigenvalue weighted by molar-refractivity contribution is 0.415. The second kappa shape index (κ2) is 5.21. The van der Waals surface area contributed by atoms with Crippen LogP contribution in [0.15, 0.2) is 24.3 Å². The standard InChI is InChI=1S/C12H14ClN3O/c1-17-9-4-2-8(3-5-9)12-15-10(6-7-14)11(13)16-12/h2-5H,6-7,14H2,1H3,(H,15,16). The van der Waals surface area contributed by atoms with Gasteiger partial charge in [0.05, 0.1) is 12.8 Å². The lowest BCUT2D eigenvalue weighted by Crippen LogP contribution is -2.03. The van der Waals surface area contributed by atoms with Crippen molar-refractivity contribution in [1.82, 2.24) is 9.97 Å². The minimum atomic E-state index is 0.487. The number of aromatic nitrogens is 2. The molecule has 0 bridgehead atoms. The largest absolute Gasteiger partial charge is 0.497 e. The van der Waals surface area contributed by atoms with E-state index in [1.165, 1.54) is 0 Å². The van der Waals surface area contributed by atoms with E-state index in [1.807, 2.05) is 24.3 Å². The lowest BCUT2D eigenvalue weighted by atomic mass is 10.2. The molecular formula is C12H14ClN3O. The first-order chi connectivity index (χ1) is 8.24. The van der Waals surface area contributed by atoms with E-state index >= 15 is 0 Å². The Kier molecular flexibility index (Phi) is 3.66. The number of aromatic amines is 1. The molecule has 17 heavy (non-hydrogen) atoms. The molecule has 0 amide bonds. The molecule has 0 saturated heterocycles. The molecule has 0 aliphatic rings. The Morgan fingerprint density at radius 2 is 2.06 bits per heavy atom. The Hall–Kier alpha value is -1.52. The zero-order valence-corrected chi connectivity index (χ0v) is 10.3. The van der Waals surface area contributed by atoms with Gasteiger partial charge in [-0.05, 0) is 30.8 Å². The van der Waals surface area contributed by atoms with Gasteiger partial charge in [-0.25, -0.2) is 4.98 Å². The molecule has 2 aromatic rings. The van der Waals surface area contributed by atoms with Crippen LogP contribution in [0.5, 0.6) is 5.75 Å². The number of hydrogen-bond acceptors (Lipinski definition) is 3. The van der Waals surface area contributed by atoms with Gasteiger partial charge in [-0.1, -0.05) is 11.6 Å². The van der Waals surface area contributed by atoms with Crippen LogP contribution in [-0.2, 0) is 6.42 Å². The van der Waals surface area contributed by atoms with Crippen LogP contribution in [0.3, 0.4) is 0 Å². The van der Waals surface area contributed by atoms with Crippen LogP contribution in [-0.4, -0.2) is 23.6 Å². The maximum absolute atomic E-state index is 6.01. The highest BCUT2D eigenvalue weighted by Crippen LogP contribution is 2.23. The molecule has 0 unspecified atom stereocenters. The molecule has 1 aromatic carbocycles. The van der Waals surface area contributed by atoms with Gasteiger partial charge < -0.3 is 15.5 Å². The van der Waals surface area contributed by atoms with Gasteiger partial charge in [0.15, 0.2) is 5.15 Å². The molecule has 2 rings (SSSR count). The molecule has 1 heterocycles. The van der Waals surface area contributed by atoms with E-state index in [0.29, 0.717) is 18.1 Å². The van der Waals surface area contributed by atoms with Crippen LogP contribution >= 0.6 is 11.6 Å². The number of nitrogens with two attached hydrogens (primary N) is 1. The third kappa shape index (κ3) is 2.60. The number of halogens is 1. The van der Waals surface area contributed by atoms with Gasteiger partial charge in [0.2, 0.25) is 0 Å². The van der Waals surface area contributed by atoms with Crippen molar-refractivity contribution in [2.24, 2.45) is 5.73 Å². The highest BCUT2D eigenvalue weighted by Gasteiger charge is 2.09. The number of nitrogens with one attached hydrogen (secondary N) is 1. The summed E-state index contributed by atoms with van der Waals surface area (Å²) < 4.78 is 5.10. The van der Waals surface area contributed by atoms with Crippen molar-refractivity contribution in [2.75, 3.05) is 13.7 Å². The fourth-order valence-electron chi connectivity index (χ4n) is 1.58. The zero-order valence-electron chi connectivity index (χ0n) is 9.53. The van der Waals surface area contributed by atoms with E-state index in [4.69, 9.17) is 22.1 Å². The van der Waals surface area contributed by atoms with Crippen molar-refractivity contribution in [3.63, 3.8) is 0 Å². The van der Waals surface area contributed by atoms with Crippen LogP contribution in [0.25, 0.3) is 11.4 Å². The molecule has 0 aliphatic carbocycles. The van der Waals surface area contributed by atoms with Crippen LogP contribution in [0.2, 0.25) is 5.15 Å². The van der Waals surface area contributed by atoms with Crippen molar-refractivity contribution in [2.45, 2.75) is 6.42 Å². The summed E-state index contributed by atoms with van der Waals surface area (Å²) >= 11 is 6.01. The molecule has 0 spiro atoms. The number of imidazole rings is 1. The number of ether oxygens (including phenoxy) is 1. The summed E-state index contributed by atoms with van der Waals surface area (Å²) in [6, 6.07) is 7.63. The van der Waals surface area contributed by atoms with E-state index in [0.717, 1.165) is 22.8 Å². The van der Waals surface area contributed by atoms with E-state index in [9.17, 15) is 0 Å². The van der Waals surface area contributed by atoms with Crippen molar-refractivity contribution in [1.29, 1.82) is 0 Å². The summed E-state index contributed by atoms with van der Waals surface area (Å²) in [7, 11) is 1.64. The van der Waals surface area contributed by atoms with Crippen molar-refractivity contribution in [3.8, 4) is 17.1 Å². The Morgan fingerprint density at radius 1 is 1.35 bits per heavy atom. The number of hydrogen-bond donors (Lipinski definition) is 2. The van der Waals surface area contributed by atoms with Crippen LogP contribution < -0.4 is 10.5 Å². The quantitative estimate of drug-likeness (QED) is 0.876. The summed E-state index contributed by atoms with van der Waals surface area (Å²) in [4.78, 5) is 7.44. The van der Waals surface area contributed by atoms with Gasteiger partial charge in [0, 0.05) is 12.0 Å². The number of rotatable bonds is 4. The highest BCUT2D eigenvalue weighted by molar-refractivity contribution is 6.30. The van der Waals surface area contributed by atoms with E-state index < -0.39 is 0 Å². The smallest absolute Gasteiger partial charge is 0.150 e. The fraction of sp³-hybridized carbons (Fsp3) is 0.250. The molecule has 0 atom stereocenters. The highest BCUT2D eigenvalue weighted by atomic mass is 35.5. The number of nitrogens with zero attached hydrogens (tertiary/aromatic N) is 1. The van der Waals surface area contributed by atoms with Gasteiger partial charge in [-0.2, -0.15) is 0 Å². The Labute approximate surface area is 105 Å². The van der Waals surface area contributed by atoms with E-state index in [1.54, 1.807) is 7.11 Å². The third-order valence-corrected chi connectivity index (χ3v) is 2.80. The summed E-state index contributed by atoms with van der Waals surface area (Å²) in [6.45, 7) is 0.546. The molecule has 4 nitrogen and oxygen atoms in total. The van der Waals surface area contributed by atoms with Gasteiger partial charge in [-0.3, -0.25) is 0 Å². The second-order valence-electron chi connectivity index (χ2n) is 3.62. The van der Waals surface area contributed by atoms with Gasteiger partial charge in [-0.15, -0.1) is 0 Å². The molecule has 0 aliphatic heterocycles. The molecule has 90 valence electrons. The first-order valence-corrected chi connectivity index (χ1v) is 5.71. The Morgan fingerprint density at radius 3 is 2.65 bits per heavy atom. The SMILES string of the molecule is COc1ccc(-c2nc(Cl)c(CCN)[nH]2)cc1. The predicted octanol–water partition coefficient (Wildman–Crippen LogP) is 2.24. The normalized spacial score (nSPS) is 10.5. The van der Waals surface area contributed by atoms with Crippen LogP contribution in [0.1, 0.15) is 5.69 Å². The number of methoxy groups -OCH3 is 1. The average Bonchev–Trinajstić information content (AvgIpc) is 2.72. The Balaban J connectivity index is 2.29. The summed E-state index contributed by atoms with van der Waals surface area (Å²) in [5, 5.41) is 0.487. The molecular weight excluding hydrogens is 238 g/mol. The third-order valence-electron chi connectivity index (χ3n) is 2.49. The zero-order chi connectivity index (χ0) is 12.3. The predicted molar refractivity (Wildman–Crippen MR) is 68.3 cm³/mol. The fourth-order valence-corrected chi connectivity index (χ4v) is 1.81. The molecule has 5 heteroatoms. The minimum Gasteiger partial charge on any atom is -0.497 e. The number of H-pyrrole nitrogens is 1. The molecule has 1 aromatic heterocycles. The number of benzene rings is 1. The van der Waals surface area contributed by atoms with Gasteiger partial charge in [0.25, 0.3) is 0 Å². The second-order valence-corrected chi connectivity index (χ2v) is 3.98. The molecule has 0 saturated carbocycles. The van der Waals surface area contributed by atoms with Crippen LogP contribution in [0, 0.1) is 0 Å². The van der Waals surface area contributed by atoms with E-state index in [-0.39, 0.29) is 0 Å². The Bertz CT molecular complexity index is 493. The molecule has 0 fully saturated rings. The summed E-state index contributed by atoms with van der Waals surface area (Å²) in [6.07, 6.45) is 0.696. The van der Waals surface area contributed by atoms with Crippen molar-refractivity contribution >= 4 is 11.6 Å². The topological polar surface area (TPSA) is 63.9 Å². The first kappa shape index (κ1) is 12.0. The summed E-state index contributed by atoms with van der Waals surface area (Å²) in [5.41, 5.74) is 7.34. The molecule has 0 radical (unpaired) electrons. The summed E-state index contributed by atoms with van der Waals surface area (Å²) in [5.74, 6) is 1.56. The van der Waals surface area contributed by atoms with Gasteiger partial charge in [0.1, 0.15) is 11.6 Å². The first-order valence-electron chi connectivity index (χ1n) is 5.33. The maximum atomic E-state index is 6.01. The van der Waals surface area contributed by atoms with Crippen molar-refractivity contribution in [3.05, 3.63) is 35.1 Å². The van der Waals surface area contributed by atoms with Crippen LogP contribution in [0.4, 0.5) is 0 Å². The van der Waals surface area contributed by atoms with E-state index in [2.05, 4.69) is 9.97 Å². The average molecular weight is 252 g/mol.